The quantitative estimate of drug-likeness (QED) is 0.258. The second kappa shape index (κ2) is 10.0. The average molecular weight is 511 g/mol. The Morgan fingerprint density at radius 3 is 1.74 bits per heavy atom. The zero-order valence-electron chi connectivity index (χ0n) is 18.0. The van der Waals surface area contributed by atoms with Crippen LogP contribution in [-0.2, 0) is 23.3 Å². The van der Waals surface area contributed by atoms with Gasteiger partial charge in [0.05, 0.1) is 0 Å². The fourth-order valence-corrected chi connectivity index (χ4v) is 7.94. The van der Waals surface area contributed by atoms with Gasteiger partial charge in [-0.25, -0.2) is 12.8 Å². The molecule has 0 aliphatic rings. The Morgan fingerprint density at radius 2 is 1.29 bits per heavy atom. The summed E-state index contributed by atoms with van der Waals surface area (Å²) >= 11 is 0. The number of carbonyl (C=O) groups excluding carboxylic acids is 1. The smallest absolute Gasteiger partial charge is 0.403 e. The summed E-state index contributed by atoms with van der Waals surface area (Å²) in [6.45, 7) is 2.75. The molecule has 0 atom stereocenters. The number of hydrogen-bond acceptors (Lipinski definition) is 5. The van der Waals surface area contributed by atoms with Crippen molar-refractivity contribution in [3.8, 4) is 0 Å². The van der Waals surface area contributed by atoms with Crippen LogP contribution in [0.1, 0.15) is 6.92 Å². The Labute approximate surface area is 197 Å². The number of halogens is 3. The molecule has 0 heterocycles. The third-order valence-corrected chi connectivity index (χ3v) is 9.76. The molecule has 3 aromatic rings. The van der Waals surface area contributed by atoms with E-state index >= 15 is 0 Å². The lowest BCUT2D eigenvalue weighted by Gasteiger charge is -2.40. The summed E-state index contributed by atoms with van der Waals surface area (Å²) in [5.41, 5.74) is -0.172. The number of benzene rings is 3. The van der Waals surface area contributed by atoms with Gasteiger partial charge >= 0.3 is 21.3 Å². The molecule has 0 saturated heterocycles. The van der Waals surface area contributed by atoms with Crippen LogP contribution in [0.25, 0.3) is 0 Å². The van der Waals surface area contributed by atoms with E-state index in [1.165, 1.54) is 19.1 Å². The van der Waals surface area contributed by atoms with Gasteiger partial charge in [0, 0.05) is 20.3 Å². The lowest BCUT2D eigenvalue weighted by atomic mass is 10.3. The molecule has 0 radical (unpaired) electrons. The number of rotatable bonds is 9. The largest absolute Gasteiger partial charge is 0.455 e. The predicted molar refractivity (Wildman–Crippen MR) is 122 cm³/mol. The van der Waals surface area contributed by atoms with Gasteiger partial charge in [-0.3, -0.25) is 0 Å². The summed E-state index contributed by atoms with van der Waals surface area (Å²) in [7, 11) is -9.03. The van der Waals surface area contributed by atoms with Crippen LogP contribution >= 0.6 is 10.3 Å². The molecule has 0 spiro atoms. The molecule has 0 aliphatic heterocycles. The van der Waals surface area contributed by atoms with Crippen molar-refractivity contribution in [2.45, 2.75) is 26.9 Å². The lowest BCUT2D eigenvalue weighted by molar-refractivity contribution is -0.144. The van der Waals surface area contributed by atoms with Gasteiger partial charge in [-0.2, -0.15) is 17.2 Å². The topological polar surface area (TPSA) is 69.7 Å². The van der Waals surface area contributed by atoms with Crippen molar-refractivity contribution >= 4 is 26.4 Å². The Bertz CT molecular complexity index is 1220. The fraction of sp³-hybridized carbons (Fsp3) is 0.125. The van der Waals surface area contributed by atoms with E-state index in [1.807, 2.05) is 0 Å². The van der Waals surface area contributed by atoms with E-state index in [9.17, 15) is 26.4 Å². The van der Waals surface area contributed by atoms with Crippen molar-refractivity contribution in [3.63, 3.8) is 0 Å². The molecule has 3 rings (SSSR count). The SMILES string of the molecule is C=C(C)C(=O)OCC(F)(F)S(=O)(=O)OS(c1ccccc1)(c1ccccc1)c1ccc(F)cc1. The van der Waals surface area contributed by atoms with Crippen molar-refractivity contribution in [2.75, 3.05) is 6.61 Å². The number of alkyl halides is 2. The van der Waals surface area contributed by atoms with E-state index in [0.29, 0.717) is 0 Å². The number of hydrogen-bond donors (Lipinski definition) is 0. The molecule has 0 amide bonds. The van der Waals surface area contributed by atoms with Gasteiger partial charge in [0.2, 0.25) is 0 Å². The fourth-order valence-electron chi connectivity index (χ4n) is 2.91. The first-order valence-corrected chi connectivity index (χ1v) is 12.8. The highest BCUT2D eigenvalue weighted by molar-refractivity contribution is 8.33. The Balaban J connectivity index is 2.20. The monoisotopic (exact) mass is 510 g/mol. The second-order valence-electron chi connectivity index (χ2n) is 7.15. The van der Waals surface area contributed by atoms with Gasteiger partial charge in [0.1, 0.15) is 5.82 Å². The molecular weight excluding hydrogens is 489 g/mol. The first-order chi connectivity index (χ1) is 16.0. The molecule has 0 aromatic heterocycles. The summed E-state index contributed by atoms with van der Waals surface area (Å²) in [4.78, 5) is 12.3. The molecule has 5 nitrogen and oxygen atoms in total. The molecule has 3 aromatic carbocycles. The van der Waals surface area contributed by atoms with Crippen molar-refractivity contribution in [1.29, 1.82) is 0 Å². The maximum absolute atomic E-state index is 14.9. The average Bonchev–Trinajstić information content (AvgIpc) is 2.82. The molecular formula is C24H21F3O5S2. The molecule has 0 bridgehead atoms. The maximum atomic E-state index is 14.9. The molecule has 10 heteroatoms. The second-order valence-corrected chi connectivity index (χ2v) is 11.7. The first-order valence-electron chi connectivity index (χ1n) is 9.85. The summed E-state index contributed by atoms with van der Waals surface area (Å²) in [5.74, 6) is -1.77. The summed E-state index contributed by atoms with van der Waals surface area (Å²) < 4.78 is 79.4. The minimum Gasteiger partial charge on any atom is -0.455 e. The van der Waals surface area contributed by atoms with Gasteiger partial charge in [0.25, 0.3) is 0 Å². The Kier molecular flexibility index (Phi) is 7.54. The number of esters is 1. The van der Waals surface area contributed by atoms with E-state index in [1.54, 1.807) is 60.7 Å². The zero-order valence-corrected chi connectivity index (χ0v) is 19.6. The summed E-state index contributed by atoms with van der Waals surface area (Å²) in [6.07, 6.45) is 0. The normalized spacial score (nSPS) is 12.7. The van der Waals surface area contributed by atoms with Crippen molar-refractivity contribution in [2.24, 2.45) is 0 Å². The van der Waals surface area contributed by atoms with Crippen LogP contribution in [0.5, 0.6) is 0 Å². The van der Waals surface area contributed by atoms with Crippen LogP contribution in [-0.4, -0.2) is 26.2 Å². The first kappa shape index (κ1) is 25.5. The highest BCUT2D eigenvalue weighted by Crippen LogP contribution is 2.70. The van der Waals surface area contributed by atoms with Gasteiger partial charge in [-0.1, -0.05) is 43.0 Å². The molecule has 0 N–H and O–H groups in total. The van der Waals surface area contributed by atoms with Crippen LogP contribution < -0.4 is 0 Å². The minimum atomic E-state index is -5.69. The Hall–Kier alpha value is -3.08. The standard InChI is InChI=1S/C24H21F3O5S2/c1-18(2)23(28)31-17-24(26,27)34(29,30)32-33(20-9-5-3-6-10-20,21-11-7-4-8-12-21)22-15-13-19(25)14-16-22/h3-16H,1,17H2,2H3. The van der Waals surface area contributed by atoms with Gasteiger partial charge in [-0.15, -0.1) is 0 Å². The highest BCUT2D eigenvalue weighted by Gasteiger charge is 2.52. The van der Waals surface area contributed by atoms with E-state index in [0.717, 1.165) is 12.1 Å². The van der Waals surface area contributed by atoms with Gasteiger partial charge in [0.15, 0.2) is 6.61 Å². The van der Waals surface area contributed by atoms with Crippen molar-refractivity contribution < 1.29 is 34.7 Å². The van der Waals surface area contributed by atoms with E-state index < -0.39 is 44.1 Å². The van der Waals surface area contributed by atoms with Crippen LogP contribution in [0.2, 0.25) is 0 Å². The predicted octanol–water partition coefficient (Wildman–Crippen LogP) is 6.08. The van der Waals surface area contributed by atoms with Crippen molar-refractivity contribution in [1.82, 2.24) is 0 Å². The summed E-state index contributed by atoms with van der Waals surface area (Å²) in [5, 5.41) is -4.58. The number of carbonyl (C=O) groups is 1. The highest BCUT2D eigenvalue weighted by atomic mass is 32.3. The van der Waals surface area contributed by atoms with Crippen LogP contribution in [0, 0.1) is 5.82 Å². The zero-order chi connectivity index (χ0) is 25.0. The molecule has 0 aliphatic carbocycles. The van der Waals surface area contributed by atoms with Crippen LogP contribution in [0.4, 0.5) is 13.2 Å². The Morgan fingerprint density at radius 1 is 0.853 bits per heavy atom. The number of ether oxygens (including phenoxy) is 1. The van der Waals surface area contributed by atoms with E-state index in [2.05, 4.69) is 11.3 Å². The van der Waals surface area contributed by atoms with E-state index in [-0.39, 0.29) is 20.3 Å². The molecule has 180 valence electrons. The third-order valence-electron chi connectivity index (χ3n) is 4.57. The van der Waals surface area contributed by atoms with Crippen LogP contribution in [0.3, 0.4) is 0 Å². The molecule has 0 unspecified atom stereocenters. The van der Waals surface area contributed by atoms with Crippen molar-refractivity contribution in [3.05, 3.63) is 103 Å². The van der Waals surface area contributed by atoms with Gasteiger partial charge in [-0.05, 0) is 65.8 Å². The van der Waals surface area contributed by atoms with Crippen LogP contribution in [0.15, 0.2) is 112 Å². The third kappa shape index (κ3) is 5.19. The minimum absolute atomic E-state index is 0.171. The summed E-state index contributed by atoms with van der Waals surface area (Å²) in [6, 6.07) is 20.7. The lowest BCUT2D eigenvalue weighted by Crippen LogP contribution is -2.37. The molecule has 0 fully saturated rings. The van der Waals surface area contributed by atoms with E-state index in [4.69, 9.17) is 3.63 Å². The molecule has 0 saturated carbocycles. The maximum Gasteiger partial charge on any atom is 0.403 e. The van der Waals surface area contributed by atoms with Gasteiger partial charge < -0.3 is 4.74 Å². The molecule has 34 heavy (non-hydrogen) atoms.